The Morgan fingerprint density at radius 3 is 2.70 bits per heavy atom. The van der Waals surface area contributed by atoms with Gasteiger partial charge in [0.15, 0.2) is 5.78 Å². The quantitative estimate of drug-likeness (QED) is 0.377. The fourth-order valence-electron chi connectivity index (χ4n) is 4.43. The molecule has 6 nitrogen and oxygen atoms in total. The highest BCUT2D eigenvalue weighted by molar-refractivity contribution is 6.23. The molecule has 3 rings (SSSR count). The molecule has 0 bridgehead atoms. The molecule has 0 radical (unpaired) electrons. The van der Waals surface area contributed by atoms with Gasteiger partial charge in [0.25, 0.3) is 0 Å². The number of ether oxygens (including phenoxy) is 2. The number of methoxy groups -OCH3 is 1. The molecule has 0 aromatic heterocycles. The summed E-state index contributed by atoms with van der Waals surface area (Å²) in [5.74, 6) is 1.04. The van der Waals surface area contributed by atoms with Gasteiger partial charge in [-0.05, 0) is 31.4 Å². The van der Waals surface area contributed by atoms with Gasteiger partial charge in [-0.3, -0.25) is 4.79 Å². The van der Waals surface area contributed by atoms with Crippen LogP contribution in [0, 0.1) is 13.8 Å². The van der Waals surface area contributed by atoms with Crippen molar-refractivity contribution in [3.8, 4) is 11.5 Å². The molecule has 2 aliphatic rings. The molecule has 1 aromatic carbocycles. The highest BCUT2D eigenvalue weighted by atomic mass is 19.1. The van der Waals surface area contributed by atoms with Crippen LogP contribution < -0.4 is 9.47 Å². The van der Waals surface area contributed by atoms with Crippen LogP contribution in [-0.2, 0) is 16.1 Å². The Balaban J connectivity index is 2.02. The summed E-state index contributed by atoms with van der Waals surface area (Å²) in [6.45, 7) is 5.77. The lowest BCUT2D eigenvalue weighted by Gasteiger charge is -2.28. The minimum atomic E-state index is -0.665. The highest BCUT2D eigenvalue weighted by Crippen LogP contribution is 2.49. The number of ketones is 1. The van der Waals surface area contributed by atoms with E-state index in [1.807, 2.05) is 13.8 Å². The zero-order valence-electron chi connectivity index (χ0n) is 18.1. The topological polar surface area (TPSA) is 77.3 Å². The number of carbonyl (C=O) groups excluding carboxylic acids is 1. The van der Waals surface area contributed by atoms with Crippen LogP contribution in [0.15, 0.2) is 16.5 Å². The lowest BCUT2D eigenvalue weighted by molar-refractivity contribution is -0.116. The minimum absolute atomic E-state index is 0.0145. The molecular weight excluding hydrogens is 389 g/mol. The number of aliphatic hydroxyl groups is 1. The number of rotatable bonds is 8. The largest absolute Gasteiger partial charge is 0.511 e. The number of carbonyl (C=O) groups is 1. The summed E-state index contributed by atoms with van der Waals surface area (Å²) in [6.07, 6.45) is 2.50. The molecule has 0 saturated carbocycles. The third-order valence-corrected chi connectivity index (χ3v) is 5.89. The van der Waals surface area contributed by atoms with Gasteiger partial charge in [0.2, 0.25) is 0 Å². The van der Waals surface area contributed by atoms with Gasteiger partial charge in [-0.1, -0.05) is 18.5 Å². The Labute approximate surface area is 176 Å². The van der Waals surface area contributed by atoms with Crippen molar-refractivity contribution < 1.29 is 28.6 Å². The minimum Gasteiger partial charge on any atom is -0.511 e. The molecule has 0 saturated heterocycles. The predicted molar refractivity (Wildman–Crippen MR) is 113 cm³/mol. The Kier molecular flexibility index (Phi) is 7.00. The monoisotopic (exact) mass is 419 g/mol. The van der Waals surface area contributed by atoms with Crippen LogP contribution >= 0.6 is 0 Å². The molecule has 1 aromatic rings. The SMILES string of the molecule is CCC/C(=N/OCCF)C1=C(O)CC(c2c(OC)c(C)c(C)c3c2OCC3)CC1=O. The van der Waals surface area contributed by atoms with Crippen LogP contribution in [0.25, 0.3) is 0 Å². The second-order valence-electron chi connectivity index (χ2n) is 7.76. The number of alkyl halides is 1. The van der Waals surface area contributed by atoms with E-state index in [-0.39, 0.29) is 42.5 Å². The Bertz CT molecular complexity index is 887. The molecule has 1 heterocycles. The molecule has 0 fully saturated rings. The van der Waals surface area contributed by atoms with Gasteiger partial charge in [-0.15, -0.1) is 0 Å². The predicted octanol–water partition coefficient (Wildman–Crippen LogP) is 4.65. The summed E-state index contributed by atoms with van der Waals surface area (Å²) in [5, 5.41) is 14.8. The summed E-state index contributed by atoms with van der Waals surface area (Å²) in [7, 11) is 1.62. The number of nitrogens with zero attached hydrogens (tertiary/aromatic N) is 1. The van der Waals surface area contributed by atoms with E-state index < -0.39 is 6.67 Å². The van der Waals surface area contributed by atoms with Gasteiger partial charge < -0.3 is 19.4 Å². The fourth-order valence-corrected chi connectivity index (χ4v) is 4.43. The van der Waals surface area contributed by atoms with Crippen LogP contribution in [0.1, 0.15) is 60.8 Å². The van der Waals surface area contributed by atoms with Crippen molar-refractivity contribution in [1.29, 1.82) is 0 Å². The molecule has 1 unspecified atom stereocenters. The van der Waals surface area contributed by atoms with E-state index in [4.69, 9.17) is 14.3 Å². The number of halogens is 1. The van der Waals surface area contributed by atoms with Crippen molar-refractivity contribution in [2.24, 2.45) is 5.16 Å². The van der Waals surface area contributed by atoms with Gasteiger partial charge in [0, 0.05) is 36.3 Å². The van der Waals surface area contributed by atoms with Crippen LogP contribution in [-0.4, -0.2) is 43.6 Å². The second-order valence-corrected chi connectivity index (χ2v) is 7.76. The molecule has 1 N–H and O–H groups in total. The Morgan fingerprint density at radius 2 is 2.07 bits per heavy atom. The second kappa shape index (κ2) is 9.49. The van der Waals surface area contributed by atoms with E-state index in [2.05, 4.69) is 12.1 Å². The molecule has 7 heteroatoms. The van der Waals surface area contributed by atoms with E-state index >= 15 is 0 Å². The third-order valence-electron chi connectivity index (χ3n) is 5.89. The van der Waals surface area contributed by atoms with E-state index in [1.54, 1.807) is 7.11 Å². The zero-order valence-corrected chi connectivity index (χ0v) is 18.1. The lowest BCUT2D eigenvalue weighted by Crippen LogP contribution is -2.25. The standard InChI is InChI=1S/C23H30FNO5/c1-5-6-17(25-30-10-8-24)21-18(26)11-15(12-19(21)27)20-22(28-4)14(3)13(2)16-7-9-29-23(16)20/h15,26H,5-12H2,1-4H3/b25-17-. The molecule has 0 amide bonds. The van der Waals surface area contributed by atoms with E-state index in [0.717, 1.165) is 46.6 Å². The first kappa shape index (κ1) is 22.1. The summed E-state index contributed by atoms with van der Waals surface area (Å²) >= 11 is 0. The van der Waals surface area contributed by atoms with Gasteiger partial charge in [0.05, 0.1) is 25.0 Å². The van der Waals surface area contributed by atoms with Crippen LogP contribution in [0.4, 0.5) is 4.39 Å². The first-order chi connectivity index (χ1) is 14.4. The molecule has 30 heavy (non-hydrogen) atoms. The normalized spacial score (nSPS) is 19.0. The van der Waals surface area contributed by atoms with E-state index in [0.29, 0.717) is 18.7 Å². The van der Waals surface area contributed by atoms with Crippen LogP contribution in [0.5, 0.6) is 11.5 Å². The van der Waals surface area contributed by atoms with Crippen LogP contribution in [0.2, 0.25) is 0 Å². The maximum Gasteiger partial charge on any atom is 0.168 e. The molecular formula is C23H30FNO5. The van der Waals surface area contributed by atoms with Gasteiger partial charge >= 0.3 is 0 Å². The number of fused-ring (bicyclic) bond motifs is 1. The zero-order chi connectivity index (χ0) is 21.8. The van der Waals surface area contributed by atoms with Gasteiger partial charge in [-0.2, -0.15) is 0 Å². The Hall–Kier alpha value is -2.57. The van der Waals surface area contributed by atoms with Crippen molar-refractivity contribution in [3.63, 3.8) is 0 Å². The number of allylic oxidation sites excluding steroid dienone is 2. The maximum atomic E-state index is 13.1. The van der Waals surface area contributed by atoms with E-state index in [9.17, 15) is 14.3 Å². The number of hydrogen-bond acceptors (Lipinski definition) is 6. The number of benzene rings is 1. The number of oxime groups is 1. The van der Waals surface area contributed by atoms with Crippen molar-refractivity contribution in [1.82, 2.24) is 0 Å². The fraction of sp³-hybridized carbons (Fsp3) is 0.565. The van der Waals surface area contributed by atoms with Gasteiger partial charge in [-0.25, -0.2) is 4.39 Å². The number of Topliss-reactive ketones (excluding diaryl/α,β-unsaturated/α-hetero) is 1. The first-order valence-corrected chi connectivity index (χ1v) is 10.5. The summed E-state index contributed by atoms with van der Waals surface area (Å²) < 4.78 is 24.0. The molecule has 1 aliphatic heterocycles. The van der Waals surface area contributed by atoms with Crippen molar-refractivity contribution >= 4 is 11.5 Å². The average molecular weight is 419 g/mol. The highest BCUT2D eigenvalue weighted by Gasteiger charge is 2.37. The van der Waals surface area contributed by atoms with E-state index in [1.165, 1.54) is 0 Å². The molecule has 1 atom stereocenters. The third kappa shape index (κ3) is 4.02. The number of hydrogen-bond donors (Lipinski definition) is 1. The van der Waals surface area contributed by atoms with Crippen molar-refractivity contribution in [2.45, 2.75) is 58.8 Å². The van der Waals surface area contributed by atoms with Crippen molar-refractivity contribution in [2.75, 3.05) is 27.0 Å². The lowest BCUT2D eigenvalue weighted by atomic mass is 9.78. The number of aliphatic hydroxyl groups excluding tert-OH is 1. The van der Waals surface area contributed by atoms with Crippen molar-refractivity contribution in [3.05, 3.63) is 33.6 Å². The van der Waals surface area contributed by atoms with Crippen LogP contribution in [0.3, 0.4) is 0 Å². The average Bonchev–Trinajstić information content (AvgIpc) is 3.19. The molecule has 0 spiro atoms. The molecule has 1 aliphatic carbocycles. The summed E-state index contributed by atoms with van der Waals surface area (Å²) in [5.41, 5.74) is 4.76. The Morgan fingerprint density at radius 1 is 1.30 bits per heavy atom. The first-order valence-electron chi connectivity index (χ1n) is 10.5. The maximum absolute atomic E-state index is 13.1. The summed E-state index contributed by atoms with van der Waals surface area (Å²) in [6, 6.07) is 0. The van der Waals surface area contributed by atoms with Gasteiger partial charge in [0.1, 0.15) is 30.5 Å². The summed E-state index contributed by atoms with van der Waals surface area (Å²) in [4.78, 5) is 18.0. The smallest absolute Gasteiger partial charge is 0.168 e. The molecule has 164 valence electrons.